The van der Waals surface area contributed by atoms with E-state index in [4.69, 9.17) is 0 Å². The first-order valence-corrected chi connectivity index (χ1v) is 12.7. The number of likely N-dealkylation sites (N-methyl/N-ethyl adjacent to an activating group) is 1. The molecule has 200 valence electrons. The third-order valence-corrected chi connectivity index (χ3v) is 6.83. The number of rotatable bonds is 6. The van der Waals surface area contributed by atoms with Crippen LogP contribution in [-0.4, -0.2) is 62.5 Å². The zero-order chi connectivity index (χ0) is 27.7. The van der Waals surface area contributed by atoms with Crippen LogP contribution in [0.3, 0.4) is 0 Å². The lowest BCUT2D eigenvalue weighted by Crippen LogP contribution is -2.43. The molecule has 0 bridgehead atoms. The molecule has 0 atom stereocenters. The van der Waals surface area contributed by atoms with Gasteiger partial charge in [0.2, 0.25) is 5.95 Å². The quantitative estimate of drug-likeness (QED) is 0.398. The second kappa shape index (κ2) is 10.8. The minimum atomic E-state index is -0.748. The van der Waals surface area contributed by atoms with Crippen LogP contribution in [0.4, 0.5) is 20.5 Å². The summed E-state index contributed by atoms with van der Waals surface area (Å²) in [4.78, 5) is 30.2. The van der Waals surface area contributed by atoms with Gasteiger partial charge in [0, 0.05) is 55.9 Å². The van der Waals surface area contributed by atoms with Crippen LogP contribution in [0.5, 0.6) is 0 Å². The highest BCUT2D eigenvalue weighted by atomic mass is 19.1. The van der Waals surface area contributed by atoms with Crippen molar-refractivity contribution in [3.05, 3.63) is 75.8 Å². The number of pyridine rings is 2. The van der Waals surface area contributed by atoms with E-state index in [0.29, 0.717) is 5.82 Å². The smallest absolute Gasteiger partial charge is 0.269 e. The third-order valence-electron chi connectivity index (χ3n) is 6.83. The third kappa shape index (κ3) is 5.48. The number of fused-ring (bicyclic) bond motifs is 1. The molecule has 4 aromatic rings. The first-order valence-electron chi connectivity index (χ1n) is 12.7. The van der Waals surface area contributed by atoms with Crippen molar-refractivity contribution in [2.24, 2.45) is 0 Å². The monoisotopic (exact) mass is 530 g/mol. The van der Waals surface area contributed by atoms with Crippen molar-refractivity contribution in [2.75, 3.05) is 38.5 Å². The molecule has 11 heteroatoms. The van der Waals surface area contributed by atoms with Crippen molar-refractivity contribution in [1.82, 2.24) is 29.3 Å². The van der Waals surface area contributed by atoms with Crippen LogP contribution >= 0.6 is 0 Å². The van der Waals surface area contributed by atoms with Gasteiger partial charge in [0.1, 0.15) is 29.0 Å². The van der Waals surface area contributed by atoms with Gasteiger partial charge >= 0.3 is 0 Å². The zero-order valence-corrected chi connectivity index (χ0v) is 21.9. The van der Waals surface area contributed by atoms with E-state index in [1.165, 1.54) is 16.7 Å². The van der Waals surface area contributed by atoms with Crippen molar-refractivity contribution in [2.45, 2.75) is 26.4 Å². The summed E-state index contributed by atoms with van der Waals surface area (Å²) in [6.07, 6.45) is 2.79. The Balaban J connectivity index is 1.43. The number of nitriles is 1. The maximum Gasteiger partial charge on any atom is 0.269 e. The Kier molecular flexibility index (Phi) is 7.32. The fourth-order valence-electron chi connectivity index (χ4n) is 4.72. The van der Waals surface area contributed by atoms with E-state index in [-0.39, 0.29) is 39.7 Å². The van der Waals surface area contributed by atoms with Gasteiger partial charge in [-0.1, -0.05) is 6.07 Å². The van der Waals surface area contributed by atoms with Crippen molar-refractivity contribution < 1.29 is 8.78 Å². The first-order chi connectivity index (χ1) is 18.7. The first kappa shape index (κ1) is 26.3. The molecule has 1 aliphatic rings. The molecule has 9 nitrogen and oxygen atoms in total. The van der Waals surface area contributed by atoms with E-state index in [1.54, 1.807) is 20.0 Å². The van der Waals surface area contributed by atoms with Gasteiger partial charge < -0.3 is 14.8 Å². The predicted octanol–water partition coefficient (Wildman–Crippen LogP) is 4.08. The molecule has 0 amide bonds. The summed E-state index contributed by atoms with van der Waals surface area (Å²) in [5.41, 5.74) is 0.625. The van der Waals surface area contributed by atoms with Gasteiger partial charge in [0.05, 0.1) is 11.7 Å². The number of nitrogens with one attached hydrogen (secondary N) is 1. The van der Waals surface area contributed by atoms with E-state index >= 15 is 4.39 Å². The van der Waals surface area contributed by atoms with Crippen molar-refractivity contribution >= 4 is 22.7 Å². The van der Waals surface area contributed by atoms with Crippen LogP contribution in [0.2, 0.25) is 0 Å². The van der Waals surface area contributed by atoms with Crippen LogP contribution in [-0.2, 0) is 6.54 Å². The summed E-state index contributed by atoms with van der Waals surface area (Å²) in [6.45, 7) is 8.40. The van der Waals surface area contributed by atoms with Gasteiger partial charge in [0.25, 0.3) is 5.56 Å². The fraction of sp³-hybridized carbons (Fsp3) is 0.321. The SMILES string of the molecule is CC(C)n1c(=O)c(C#N)cc2c(F)cc(-c3nc(Nc4ccc(CN5CCN(C)CC5)cn4)ncc3F)cc21. The summed E-state index contributed by atoms with van der Waals surface area (Å²) in [6, 6.07) is 9.10. The van der Waals surface area contributed by atoms with E-state index in [1.807, 2.05) is 18.2 Å². The Morgan fingerprint density at radius 3 is 2.49 bits per heavy atom. The van der Waals surface area contributed by atoms with Crippen LogP contribution < -0.4 is 10.9 Å². The highest BCUT2D eigenvalue weighted by Gasteiger charge is 2.19. The highest BCUT2D eigenvalue weighted by molar-refractivity contribution is 5.86. The Labute approximate surface area is 224 Å². The predicted molar refractivity (Wildman–Crippen MR) is 145 cm³/mol. The lowest BCUT2D eigenvalue weighted by atomic mass is 10.0. The number of halogens is 2. The maximum atomic E-state index is 15.2. The van der Waals surface area contributed by atoms with Gasteiger partial charge in [-0.2, -0.15) is 5.26 Å². The largest absolute Gasteiger partial charge is 0.309 e. The van der Waals surface area contributed by atoms with Crippen LogP contribution in [0.25, 0.3) is 22.2 Å². The minimum absolute atomic E-state index is 0.0901. The zero-order valence-electron chi connectivity index (χ0n) is 21.9. The number of hydrogen-bond acceptors (Lipinski definition) is 8. The van der Waals surface area contributed by atoms with Crippen molar-refractivity contribution in [3.8, 4) is 17.3 Å². The number of benzene rings is 1. The van der Waals surface area contributed by atoms with Gasteiger partial charge in [-0.25, -0.2) is 23.7 Å². The molecule has 0 saturated carbocycles. The number of hydrogen-bond donors (Lipinski definition) is 1. The summed E-state index contributed by atoms with van der Waals surface area (Å²) < 4.78 is 31.4. The maximum absolute atomic E-state index is 15.2. The summed E-state index contributed by atoms with van der Waals surface area (Å²) in [5, 5.41) is 12.4. The van der Waals surface area contributed by atoms with Crippen LogP contribution in [0, 0.1) is 23.0 Å². The molecule has 1 aliphatic heterocycles. The van der Waals surface area contributed by atoms with Crippen LogP contribution in [0.1, 0.15) is 31.0 Å². The lowest BCUT2D eigenvalue weighted by molar-refractivity contribution is 0.148. The molecule has 0 spiro atoms. The molecule has 5 rings (SSSR count). The average molecular weight is 531 g/mol. The van der Waals surface area contributed by atoms with Gasteiger partial charge in [-0.3, -0.25) is 9.69 Å². The normalized spacial score (nSPS) is 14.6. The Bertz CT molecular complexity index is 1620. The van der Waals surface area contributed by atoms with Crippen LogP contribution in [0.15, 0.2) is 47.5 Å². The number of aromatic nitrogens is 4. The molecule has 39 heavy (non-hydrogen) atoms. The summed E-state index contributed by atoms with van der Waals surface area (Å²) in [7, 11) is 2.12. The second-order valence-corrected chi connectivity index (χ2v) is 9.98. The molecule has 4 heterocycles. The summed E-state index contributed by atoms with van der Waals surface area (Å²) in [5.74, 6) is -0.871. The van der Waals surface area contributed by atoms with E-state index in [2.05, 4.69) is 37.1 Å². The van der Waals surface area contributed by atoms with Gasteiger partial charge in [-0.15, -0.1) is 0 Å². The van der Waals surface area contributed by atoms with E-state index < -0.39 is 17.2 Å². The van der Waals surface area contributed by atoms with Gasteiger partial charge in [-0.05, 0) is 50.7 Å². The Hall–Kier alpha value is -4.27. The number of nitrogens with zero attached hydrogens (tertiary/aromatic N) is 7. The van der Waals surface area contributed by atoms with Crippen molar-refractivity contribution in [3.63, 3.8) is 0 Å². The highest BCUT2D eigenvalue weighted by Crippen LogP contribution is 2.29. The molecular formula is C28H28F2N8O. The molecule has 1 saturated heterocycles. The van der Waals surface area contributed by atoms with E-state index in [0.717, 1.165) is 50.6 Å². The molecule has 1 aromatic carbocycles. The molecule has 0 radical (unpaired) electrons. The standard InChI is InChI=1S/C28H28F2N8O/c1-17(2)38-24-12-19(11-22(29)21(24)10-20(13-31)27(38)39)26-23(30)15-33-28(35-26)34-25-5-4-18(14-32-25)16-37-8-6-36(3)7-9-37/h4-5,10-12,14-15,17H,6-9,16H2,1-3H3,(H,32,33,34,35). The van der Waals surface area contributed by atoms with E-state index in [9.17, 15) is 14.4 Å². The molecular weight excluding hydrogens is 502 g/mol. The second-order valence-electron chi connectivity index (χ2n) is 9.98. The molecule has 0 aliphatic carbocycles. The molecule has 0 unspecified atom stereocenters. The number of piperazine rings is 1. The van der Waals surface area contributed by atoms with Crippen molar-refractivity contribution in [1.29, 1.82) is 5.26 Å². The lowest BCUT2D eigenvalue weighted by Gasteiger charge is -2.32. The molecule has 1 N–H and O–H groups in total. The Morgan fingerprint density at radius 1 is 1.05 bits per heavy atom. The fourth-order valence-corrected chi connectivity index (χ4v) is 4.72. The van der Waals surface area contributed by atoms with Gasteiger partial charge in [0.15, 0.2) is 5.82 Å². The summed E-state index contributed by atoms with van der Waals surface area (Å²) >= 11 is 0. The Morgan fingerprint density at radius 2 is 1.82 bits per heavy atom. The average Bonchev–Trinajstić information content (AvgIpc) is 2.91. The topological polar surface area (TPSA) is 103 Å². The minimum Gasteiger partial charge on any atom is -0.309 e. The molecule has 3 aromatic heterocycles. The molecule has 1 fully saturated rings. The number of anilines is 2.